The van der Waals surface area contributed by atoms with E-state index in [2.05, 4.69) is 15.4 Å². The van der Waals surface area contributed by atoms with E-state index in [0.717, 1.165) is 23.4 Å². The van der Waals surface area contributed by atoms with E-state index in [-0.39, 0.29) is 17.9 Å². The summed E-state index contributed by atoms with van der Waals surface area (Å²) in [6.45, 7) is 0.467. The first kappa shape index (κ1) is 21.3. The van der Waals surface area contributed by atoms with E-state index in [1.165, 1.54) is 23.4 Å². The fraction of sp³-hybridized carbons (Fsp3) is 0.250. The van der Waals surface area contributed by atoms with Crippen molar-refractivity contribution in [3.63, 3.8) is 0 Å². The molecule has 0 aliphatic heterocycles. The van der Waals surface area contributed by atoms with Gasteiger partial charge < -0.3 is 10.1 Å². The van der Waals surface area contributed by atoms with Gasteiger partial charge in [-0.25, -0.2) is 9.67 Å². The minimum Gasteiger partial charge on any atom is -0.497 e. The lowest BCUT2D eigenvalue weighted by atomic mass is 10.1. The Morgan fingerprint density at radius 1 is 1.20 bits per heavy atom. The average Bonchev–Trinajstić information content (AvgIpc) is 3.22. The van der Waals surface area contributed by atoms with Gasteiger partial charge in [0, 0.05) is 6.54 Å². The molecule has 0 unspecified atom stereocenters. The molecule has 0 aliphatic carbocycles. The van der Waals surface area contributed by atoms with Gasteiger partial charge in [0.25, 0.3) is 0 Å². The van der Waals surface area contributed by atoms with Crippen LogP contribution in [-0.2, 0) is 17.5 Å². The van der Waals surface area contributed by atoms with Crippen LogP contribution in [0.25, 0.3) is 5.69 Å². The predicted octanol–water partition coefficient (Wildman–Crippen LogP) is 3.37. The van der Waals surface area contributed by atoms with Crippen LogP contribution in [0.15, 0.2) is 55.1 Å². The maximum absolute atomic E-state index is 13.1. The highest BCUT2D eigenvalue weighted by Crippen LogP contribution is 2.33. The molecule has 1 heterocycles. The molecule has 2 aromatic carbocycles. The number of amides is 1. The Hall–Kier alpha value is -3.40. The summed E-state index contributed by atoms with van der Waals surface area (Å²) < 4.78 is 45.8. The number of hydrogen-bond donors (Lipinski definition) is 1. The molecule has 10 heteroatoms. The van der Waals surface area contributed by atoms with Crippen molar-refractivity contribution in [2.24, 2.45) is 0 Å². The molecule has 0 atom stereocenters. The second kappa shape index (κ2) is 8.95. The number of nitrogens with zero attached hydrogens (tertiary/aromatic N) is 4. The van der Waals surface area contributed by atoms with Gasteiger partial charge in [-0.1, -0.05) is 12.1 Å². The minimum absolute atomic E-state index is 0.00169. The first-order valence-electron chi connectivity index (χ1n) is 8.94. The Balaban J connectivity index is 1.72. The molecule has 1 amide bonds. The molecule has 1 aromatic heterocycles. The summed E-state index contributed by atoms with van der Waals surface area (Å²) in [5.41, 5.74) is 0.381. The maximum Gasteiger partial charge on any atom is 0.416 e. The number of anilines is 1. The number of ether oxygens (including phenoxy) is 1. The van der Waals surface area contributed by atoms with Crippen LogP contribution in [0.5, 0.6) is 5.75 Å². The van der Waals surface area contributed by atoms with Gasteiger partial charge in [-0.05, 0) is 42.9 Å². The molecule has 30 heavy (non-hydrogen) atoms. The van der Waals surface area contributed by atoms with Crippen molar-refractivity contribution < 1.29 is 22.7 Å². The van der Waals surface area contributed by atoms with Crippen molar-refractivity contribution in [3.8, 4) is 11.4 Å². The molecule has 158 valence electrons. The zero-order chi connectivity index (χ0) is 21.7. The largest absolute Gasteiger partial charge is 0.497 e. The number of hydrogen-bond acceptors (Lipinski definition) is 5. The van der Waals surface area contributed by atoms with Crippen LogP contribution in [0.4, 0.5) is 18.9 Å². The van der Waals surface area contributed by atoms with Crippen molar-refractivity contribution in [3.05, 3.63) is 66.2 Å². The molecule has 7 nitrogen and oxygen atoms in total. The minimum atomic E-state index is -4.54. The van der Waals surface area contributed by atoms with E-state index in [1.54, 1.807) is 19.1 Å². The van der Waals surface area contributed by atoms with Crippen molar-refractivity contribution >= 4 is 11.6 Å². The van der Waals surface area contributed by atoms with Gasteiger partial charge in [0.05, 0.1) is 30.6 Å². The lowest BCUT2D eigenvalue weighted by molar-refractivity contribution is -0.137. The van der Waals surface area contributed by atoms with E-state index < -0.39 is 17.6 Å². The topological polar surface area (TPSA) is 72.3 Å². The van der Waals surface area contributed by atoms with Gasteiger partial charge >= 0.3 is 6.18 Å². The number of benzene rings is 2. The number of carbonyl (C=O) groups is 1. The summed E-state index contributed by atoms with van der Waals surface area (Å²) in [6.07, 6.45) is -1.94. The molecule has 0 radical (unpaired) electrons. The third-order valence-corrected chi connectivity index (χ3v) is 4.29. The van der Waals surface area contributed by atoms with Gasteiger partial charge in [0.15, 0.2) is 0 Å². The second-order valence-corrected chi connectivity index (χ2v) is 6.64. The molecule has 0 spiro atoms. The van der Waals surface area contributed by atoms with Gasteiger partial charge in [-0.3, -0.25) is 9.69 Å². The normalized spacial score (nSPS) is 11.5. The van der Waals surface area contributed by atoms with Crippen molar-refractivity contribution in [1.29, 1.82) is 0 Å². The van der Waals surface area contributed by atoms with Crippen molar-refractivity contribution in [1.82, 2.24) is 19.7 Å². The highest BCUT2D eigenvalue weighted by molar-refractivity contribution is 5.94. The summed E-state index contributed by atoms with van der Waals surface area (Å²) in [7, 11) is 3.32. The number of alkyl halides is 3. The molecule has 0 saturated heterocycles. The van der Waals surface area contributed by atoms with Gasteiger partial charge in [-0.2, -0.15) is 18.3 Å². The molecule has 0 aliphatic rings. The van der Waals surface area contributed by atoms with E-state index >= 15 is 0 Å². The van der Waals surface area contributed by atoms with Crippen LogP contribution in [-0.4, -0.2) is 46.3 Å². The van der Waals surface area contributed by atoms with Gasteiger partial charge in [-0.15, -0.1) is 0 Å². The monoisotopic (exact) mass is 419 g/mol. The zero-order valence-electron chi connectivity index (χ0n) is 16.3. The lowest BCUT2D eigenvalue weighted by Crippen LogP contribution is -2.30. The fourth-order valence-electron chi connectivity index (χ4n) is 2.88. The van der Waals surface area contributed by atoms with Crippen LogP contribution < -0.4 is 10.1 Å². The number of halogens is 3. The Kier molecular flexibility index (Phi) is 6.36. The summed E-state index contributed by atoms with van der Waals surface area (Å²) in [6, 6.07) is 10.5. The summed E-state index contributed by atoms with van der Waals surface area (Å²) in [4.78, 5) is 18.0. The van der Waals surface area contributed by atoms with Crippen LogP contribution in [0, 0.1) is 0 Å². The van der Waals surface area contributed by atoms with E-state index in [4.69, 9.17) is 4.74 Å². The fourth-order valence-corrected chi connectivity index (χ4v) is 2.88. The molecule has 1 N–H and O–H groups in total. The highest BCUT2D eigenvalue weighted by atomic mass is 19.4. The summed E-state index contributed by atoms with van der Waals surface area (Å²) in [5.74, 6) is 0.274. The molecular weight excluding hydrogens is 399 g/mol. The second-order valence-electron chi connectivity index (χ2n) is 6.64. The smallest absolute Gasteiger partial charge is 0.416 e. The maximum atomic E-state index is 13.1. The van der Waals surface area contributed by atoms with Crippen molar-refractivity contribution in [2.45, 2.75) is 12.7 Å². The molecule has 3 aromatic rings. The predicted molar refractivity (Wildman–Crippen MR) is 104 cm³/mol. The Bertz CT molecular complexity index is 989. The van der Waals surface area contributed by atoms with Crippen LogP contribution in [0.1, 0.15) is 11.1 Å². The Labute approximate surface area is 171 Å². The number of nitrogens with one attached hydrogen (secondary N) is 1. The summed E-state index contributed by atoms with van der Waals surface area (Å²) >= 11 is 0. The molecule has 0 bridgehead atoms. The SMILES string of the molecule is COc1ccc(CN(C)CC(=O)Nc2cc(C(F)(F)F)ccc2-n2cncn2)cc1. The average molecular weight is 419 g/mol. The van der Waals surface area contributed by atoms with E-state index in [1.807, 2.05) is 24.3 Å². The standard InChI is InChI=1S/C20H20F3N5O2/c1-27(10-14-3-6-16(30-2)7-4-14)11-19(29)26-17-9-15(20(21,22)23)5-8-18(17)28-13-24-12-25-28/h3-9,12-13H,10-11H2,1-2H3,(H,26,29). The number of carbonyl (C=O) groups excluding carboxylic acids is 1. The Morgan fingerprint density at radius 2 is 1.93 bits per heavy atom. The molecular formula is C20H20F3N5O2. The third-order valence-electron chi connectivity index (χ3n) is 4.29. The lowest BCUT2D eigenvalue weighted by Gasteiger charge is -2.18. The van der Waals surface area contributed by atoms with Gasteiger partial charge in [0.1, 0.15) is 18.4 Å². The Morgan fingerprint density at radius 3 is 2.53 bits per heavy atom. The van der Waals surface area contributed by atoms with Gasteiger partial charge in [0.2, 0.25) is 5.91 Å². The first-order valence-corrected chi connectivity index (χ1v) is 8.94. The zero-order valence-corrected chi connectivity index (χ0v) is 16.3. The van der Waals surface area contributed by atoms with E-state index in [9.17, 15) is 18.0 Å². The van der Waals surface area contributed by atoms with Crippen LogP contribution in [0.2, 0.25) is 0 Å². The quantitative estimate of drug-likeness (QED) is 0.636. The molecule has 0 fully saturated rings. The van der Waals surface area contributed by atoms with Crippen LogP contribution in [0.3, 0.4) is 0 Å². The highest BCUT2D eigenvalue weighted by Gasteiger charge is 2.31. The number of likely N-dealkylation sites (N-methyl/N-ethyl adjacent to an activating group) is 1. The van der Waals surface area contributed by atoms with Crippen molar-refractivity contribution in [2.75, 3.05) is 26.0 Å². The van der Waals surface area contributed by atoms with E-state index in [0.29, 0.717) is 6.54 Å². The van der Waals surface area contributed by atoms with Crippen LogP contribution >= 0.6 is 0 Å². The number of rotatable bonds is 7. The summed E-state index contributed by atoms with van der Waals surface area (Å²) in [5, 5.41) is 6.49. The first-order chi connectivity index (χ1) is 14.3. The number of methoxy groups -OCH3 is 1. The molecule has 0 saturated carbocycles. The number of aromatic nitrogens is 3. The third kappa shape index (κ3) is 5.35. The molecule has 3 rings (SSSR count).